The molecule has 2 saturated heterocycles. The Hall–Kier alpha value is -1.84. The van der Waals surface area contributed by atoms with Gasteiger partial charge in [0.15, 0.2) is 0 Å². The number of carbonyl (C=O) groups is 2. The molecule has 4 nitrogen and oxygen atoms in total. The molecule has 130 valence electrons. The van der Waals surface area contributed by atoms with Gasteiger partial charge in [-0.2, -0.15) is 0 Å². The number of nitrogens with zero attached hydrogens (tertiary/aromatic N) is 2. The van der Waals surface area contributed by atoms with E-state index in [2.05, 4.69) is 30.3 Å². The largest absolute Gasteiger partial charge is 0.342 e. The maximum Gasteiger partial charge on any atom is 0.224 e. The summed E-state index contributed by atoms with van der Waals surface area (Å²) < 4.78 is 0. The molecule has 0 aliphatic carbocycles. The maximum atomic E-state index is 12.5. The number of aryl methyl sites for hydroxylation is 1. The van der Waals surface area contributed by atoms with Crippen molar-refractivity contribution in [1.29, 1.82) is 0 Å². The second kappa shape index (κ2) is 8.32. The minimum Gasteiger partial charge on any atom is -0.342 e. The molecule has 0 N–H and O–H groups in total. The van der Waals surface area contributed by atoms with Crippen molar-refractivity contribution in [3.8, 4) is 0 Å². The number of carbonyl (C=O) groups excluding carboxylic acids is 2. The fourth-order valence-electron chi connectivity index (χ4n) is 3.87. The van der Waals surface area contributed by atoms with Crippen LogP contribution in [0.25, 0.3) is 0 Å². The molecule has 0 unspecified atom stereocenters. The van der Waals surface area contributed by atoms with Gasteiger partial charge in [0.25, 0.3) is 0 Å². The number of amides is 2. The van der Waals surface area contributed by atoms with E-state index >= 15 is 0 Å². The van der Waals surface area contributed by atoms with Crippen molar-refractivity contribution < 1.29 is 9.59 Å². The second-order valence-corrected chi connectivity index (χ2v) is 7.11. The Morgan fingerprint density at radius 3 is 2.71 bits per heavy atom. The van der Waals surface area contributed by atoms with Gasteiger partial charge in [-0.1, -0.05) is 30.3 Å². The van der Waals surface area contributed by atoms with Crippen molar-refractivity contribution in [3.05, 3.63) is 35.9 Å². The van der Waals surface area contributed by atoms with Crippen molar-refractivity contribution in [3.63, 3.8) is 0 Å². The Balaban J connectivity index is 1.42. The second-order valence-electron chi connectivity index (χ2n) is 7.11. The first kappa shape index (κ1) is 17.0. The predicted octanol–water partition coefficient (Wildman–Crippen LogP) is 2.87. The Bertz CT molecular complexity index is 558. The molecule has 3 rings (SSSR count). The summed E-state index contributed by atoms with van der Waals surface area (Å²) in [6, 6.07) is 10.6. The number of piperidine rings is 1. The van der Waals surface area contributed by atoms with Crippen LogP contribution in [0.3, 0.4) is 0 Å². The maximum absolute atomic E-state index is 12.5. The normalized spacial score (nSPS) is 21.3. The predicted molar refractivity (Wildman–Crippen MR) is 94.5 cm³/mol. The summed E-state index contributed by atoms with van der Waals surface area (Å²) in [4.78, 5) is 28.0. The van der Waals surface area contributed by atoms with E-state index in [4.69, 9.17) is 0 Å². The molecule has 0 aromatic heterocycles. The van der Waals surface area contributed by atoms with E-state index in [1.54, 1.807) is 0 Å². The highest BCUT2D eigenvalue weighted by molar-refractivity contribution is 5.80. The zero-order chi connectivity index (χ0) is 16.8. The molecule has 0 spiro atoms. The van der Waals surface area contributed by atoms with Gasteiger partial charge in [0.1, 0.15) is 0 Å². The van der Waals surface area contributed by atoms with Crippen LogP contribution in [0.2, 0.25) is 0 Å². The van der Waals surface area contributed by atoms with Crippen LogP contribution in [0, 0.1) is 5.92 Å². The van der Waals surface area contributed by atoms with Gasteiger partial charge in [-0.05, 0) is 43.6 Å². The molecule has 2 aliphatic rings. The summed E-state index contributed by atoms with van der Waals surface area (Å²) in [7, 11) is 0. The van der Waals surface area contributed by atoms with Crippen LogP contribution >= 0.6 is 0 Å². The fraction of sp³-hybridized carbons (Fsp3) is 0.600. The van der Waals surface area contributed by atoms with Crippen LogP contribution in [0.4, 0.5) is 0 Å². The number of likely N-dealkylation sites (tertiary alicyclic amines) is 2. The quantitative estimate of drug-likeness (QED) is 0.806. The van der Waals surface area contributed by atoms with Gasteiger partial charge in [-0.3, -0.25) is 9.59 Å². The van der Waals surface area contributed by atoms with E-state index in [9.17, 15) is 9.59 Å². The van der Waals surface area contributed by atoms with Crippen molar-refractivity contribution in [2.45, 2.75) is 44.9 Å². The highest BCUT2D eigenvalue weighted by Crippen LogP contribution is 2.22. The number of hydrogen-bond acceptors (Lipinski definition) is 2. The summed E-state index contributed by atoms with van der Waals surface area (Å²) in [5.74, 6) is 1.04. The van der Waals surface area contributed by atoms with Crippen molar-refractivity contribution in [2.24, 2.45) is 5.92 Å². The molecular weight excluding hydrogens is 300 g/mol. The van der Waals surface area contributed by atoms with Crippen molar-refractivity contribution >= 4 is 11.8 Å². The van der Waals surface area contributed by atoms with Gasteiger partial charge < -0.3 is 9.80 Å². The molecule has 1 aromatic rings. The van der Waals surface area contributed by atoms with Gasteiger partial charge in [0.05, 0.1) is 0 Å². The number of hydrogen-bond donors (Lipinski definition) is 0. The lowest BCUT2D eigenvalue weighted by atomic mass is 9.91. The molecule has 24 heavy (non-hydrogen) atoms. The van der Waals surface area contributed by atoms with Gasteiger partial charge >= 0.3 is 0 Å². The van der Waals surface area contributed by atoms with Gasteiger partial charge in [0.2, 0.25) is 11.8 Å². The lowest BCUT2D eigenvalue weighted by Gasteiger charge is -2.33. The third kappa shape index (κ3) is 4.59. The Labute approximate surface area is 144 Å². The van der Waals surface area contributed by atoms with Gasteiger partial charge in [-0.25, -0.2) is 0 Å². The zero-order valence-corrected chi connectivity index (χ0v) is 14.5. The monoisotopic (exact) mass is 328 g/mol. The van der Waals surface area contributed by atoms with Crippen LogP contribution in [0.15, 0.2) is 30.3 Å². The van der Waals surface area contributed by atoms with E-state index in [1.165, 1.54) is 12.0 Å². The topological polar surface area (TPSA) is 40.6 Å². The van der Waals surface area contributed by atoms with Crippen LogP contribution in [0.5, 0.6) is 0 Å². The molecule has 1 atom stereocenters. The molecule has 2 heterocycles. The lowest BCUT2D eigenvalue weighted by Crippen LogP contribution is -2.41. The average Bonchev–Trinajstić information content (AvgIpc) is 3.04. The Kier molecular flexibility index (Phi) is 5.89. The minimum atomic E-state index is 0.210. The lowest BCUT2D eigenvalue weighted by molar-refractivity contribution is -0.134. The summed E-state index contributed by atoms with van der Waals surface area (Å²) in [6.45, 7) is 3.20. The minimum absolute atomic E-state index is 0.210. The number of rotatable bonds is 6. The Morgan fingerprint density at radius 1 is 1.12 bits per heavy atom. The zero-order valence-electron chi connectivity index (χ0n) is 14.5. The van der Waals surface area contributed by atoms with Crippen LogP contribution < -0.4 is 0 Å². The summed E-state index contributed by atoms with van der Waals surface area (Å²) in [5.41, 5.74) is 1.38. The first-order valence-electron chi connectivity index (χ1n) is 9.32. The molecule has 2 aliphatic heterocycles. The van der Waals surface area contributed by atoms with Gasteiger partial charge in [-0.15, -0.1) is 0 Å². The van der Waals surface area contributed by atoms with E-state index in [1.807, 2.05) is 9.80 Å². The molecule has 2 fully saturated rings. The summed E-state index contributed by atoms with van der Waals surface area (Å²) in [6.07, 6.45) is 6.65. The average molecular weight is 328 g/mol. The molecule has 2 amide bonds. The van der Waals surface area contributed by atoms with E-state index < -0.39 is 0 Å². The van der Waals surface area contributed by atoms with Crippen LogP contribution in [-0.4, -0.2) is 47.8 Å². The SMILES string of the molecule is O=C1CCCN1CCC(=O)N1CCC[C@H](CCc2ccccc2)C1. The van der Waals surface area contributed by atoms with E-state index in [0.29, 0.717) is 25.3 Å². The van der Waals surface area contributed by atoms with Gasteiger partial charge in [0, 0.05) is 39.0 Å². The first-order chi connectivity index (χ1) is 11.7. The van der Waals surface area contributed by atoms with Crippen molar-refractivity contribution in [2.75, 3.05) is 26.2 Å². The van der Waals surface area contributed by atoms with E-state index in [-0.39, 0.29) is 11.8 Å². The number of benzene rings is 1. The third-order valence-corrected chi connectivity index (χ3v) is 5.32. The highest BCUT2D eigenvalue weighted by atomic mass is 16.2. The molecular formula is C20H28N2O2. The van der Waals surface area contributed by atoms with Crippen LogP contribution in [-0.2, 0) is 16.0 Å². The smallest absolute Gasteiger partial charge is 0.224 e. The Morgan fingerprint density at radius 2 is 1.96 bits per heavy atom. The first-order valence-corrected chi connectivity index (χ1v) is 9.32. The third-order valence-electron chi connectivity index (χ3n) is 5.32. The molecule has 0 radical (unpaired) electrons. The fourth-order valence-corrected chi connectivity index (χ4v) is 3.87. The van der Waals surface area contributed by atoms with Crippen LogP contribution in [0.1, 0.15) is 44.1 Å². The summed E-state index contributed by atoms with van der Waals surface area (Å²) >= 11 is 0. The standard InChI is InChI=1S/C20H28N2O2/c23-19-9-5-13-21(19)15-12-20(24)22-14-4-8-18(16-22)11-10-17-6-2-1-3-7-17/h1-3,6-7,18H,4-5,8-16H2/t18-/m1/s1. The molecule has 4 heteroatoms. The molecule has 0 saturated carbocycles. The molecule has 0 bridgehead atoms. The summed E-state index contributed by atoms with van der Waals surface area (Å²) in [5, 5.41) is 0. The molecule has 1 aromatic carbocycles. The van der Waals surface area contributed by atoms with E-state index in [0.717, 1.165) is 45.3 Å². The highest BCUT2D eigenvalue weighted by Gasteiger charge is 2.25. The van der Waals surface area contributed by atoms with Crippen molar-refractivity contribution in [1.82, 2.24) is 9.80 Å².